The van der Waals surface area contributed by atoms with E-state index in [1.807, 2.05) is 0 Å². The second-order valence-electron chi connectivity index (χ2n) is 2.65. The van der Waals surface area contributed by atoms with E-state index in [1.165, 1.54) is 0 Å². The number of hydrogen-bond acceptors (Lipinski definition) is 3. The summed E-state index contributed by atoms with van der Waals surface area (Å²) in [6.45, 7) is 0. The van der Waals surface area contributed by atoms with Gasteiger partial charge in [0.15, 0.2) is 0 Å². The minimum Gasteiger partial charge on any atom is -0.368 e. The van der Waals surface area contributed by atoms with Gasteiger partial charge in [-0.2, -0.15) is 0 Å². The molecule has 1 aromatic rings. The van der Waals surface area contributed by atoms with E-state index in [0.717, 1.165) is 30.5 Å². The van der Waals surface area contributed by atoms with E-state index in [1.54, 1.807) is 0 Å². The average molecular weight is 170 g/mol. The number of hydrogen-bond donors (Lipinski definition) is 1. The second-order valence-corrected chi connectivity index (χ2v) is 3.01. The maximum Gasteiger partial charge on any atom is 0.221 e. The molecule has 1 aromatic heterocycles. The number of halogens is 1. The van der Waals surface area contributed by atoms with Crippen LogP contribution in [0.5, 0.6) is 0 Å². The van der Waals surface area contributed by atoms with Crippen LogP contribution in [0.2, 0.25) is 5.15 Å². The molecule has 0 radical (unpaired) electrons. The first-order valence-electron chi connectivity index (χ1n) is 3.58. The smallest absolute Gasteiger partial charge is 0.221 e. The van der Waals surface area contributed by atoms with Gasteiger partial charge in [0.05, 0.1) is 5.69 Å². The van der Waals surface area contributed by atoms with Crippen LogP contribution in [0.25, 0.3) is 0 Å². The lowest BCUT2D eigenvalue weighted by Gasteiger charge is -2.00. The molecule has 1 aliphatic rings. The first-order valence-corrected chi connectivity index (χ1v) is 3.96. The van der Waals surface area contributed by atoms with E-state index < -0.39 is 0 Å². The topological polar surface area (TPSA) is 51.8 Å². The van der Waals surface area contributed by atoms with Crippen LogP contribution in [-0.2, 0) is 12.8 Å². The summed E-state index contributed by atoms with van der Waals surface area (Å²) in [5.74, 6) is 0.288. The molecule has 0 saturated heterocycles. The third-order valence-corrected chi connectivity index (χ3v) is 2.21. The zero-order valence-corrected chi connectivity index (χ0v) is 6.73. The van der Waals surface area contributed by atoms with Gasteiger partial charge in [0, 0.05) is 5.56 Å². The molecule has 0 spiro atoms. The van der Waals surface area contributed by atoms with E-state index in [0.29, 0.717) is 5.15 Å². The maximum atomic E-state index is 5.84. The monoisotopic (exact) mass is 169 g/mol. The van der Waals surface area contributed by atoms with Crippen molar-refractivity contribution < 1.29 is 0 Å². The van der Waals surface area contributed by atoms with E-state index >= 15 is 0 Å². The van der Waals surface area contributed by atoms with Crippen molar-refractivity contribution in [3.63, 3.8) is 0 Å². The van der Waals surface area contributed by atoms with Gasteiger partial charge in [-0.25, -0.2) is 9.97 Å². The molecule has 0 saturated carbocycles. The zero-order valence-electron chi connectivity index (χ0n) is 5.97. The molecule has 2 rings (SSSR count). The van der Waals surface area contributed by atoms with Crippen molar-refractivity contribution in [1.82, 2.24) is 9.97 Å². The molecular weight excluding hydrogens is 162 g/mol. The van der Waals surface area contributed by atoms with Crippen molar-refractivity contribution in [2.45, 2.75) is 19.3 Å². The van der Waals surface area contributed by atoms with Crippen LogP contribution in [0.4, 0.5) is 5.95 Å². The number of nitrogen functional groups attached to an aromatic ring is 1. The number of aromatic nitrogens is 2. The van der Waals surface area contributed by atoms with E-state index in [-0.39, 0.29) is 5.95 Å². The van der Waals surface area contributed by atoms with Crippen molar-refractivity contribution in [3.8, 4) is 0 Å². The molecule has 11 heavy (non-hydrogen) atoms. The lowest BCUT2D eigenvalue weighted by Crippen LogP contribution is -1.99. The van der Waals surface area contributed by atoms with Gasteiger partial charge in [-0.1, -0.05) is 11.6 Å². The Kier molecular flexibility index (Phi) is 1.46. The van der Waals surface area contributed by atoms with Crippen LogP contribution in [0.1, 0.15) is 17.7 Å². The Morgan fingerprint density at radius 2 is 2.09 bits per heavy atom. The highest BCUT2D eigenvalue weighted by atomic mass is 35.5. The van der Waals surface area contributed by atoms with Crippen LogP contribution in [-0.4, -0.2) is 9.97 Å². The van der Waals surface area contributed by atoms with E-state index in [9.17, 15) is 0 Å². The fraction of sp³-hybridized carbons (Fsp3) is 0.429. The SMILES string of the molecule is Nc1nc(Cl)c2c(n1)CCC2. The molecule has 0 amide bonds. The van der Waals surface area contributed by atoms with Gasteiger partial charge in [-0.3, -0.25) is 0 Å². The predicted molar refractivity (Wildman–Crippen MR) is 43.5 cm³/mol. The summed E-state index contributed by atoms with van der Waals surface area (Å²) >= 11 is 5.84. The van der Waals surface area contributed by atoms with Gasteiger partial charge in [-0.05, 0) is 19.3 Å². The summed E-state index contributed by atoms with van der Waals surface area (Å²) in [6.07, 6.45) is 3.10. The molecule has 1 aliphatic carbocycles. The van der Waals surface area contributed by atoms with Gasteiger partial charge in [0.1, 0.15) is 5.15 Å². The average Bonchev–Trinajstić information content (AvgIpc) is 2.34. The number of anilines is 1. The molecule has 4 heteroatoms. The van der Waals surface area contributed by atoms with Gasteiger partial charge in [-0.15, -0.1) is 0 Å². The Morgan fingerprint density at radius 1 is 1.27 bits per heavy atom. The molecule has 2 N–H and O–H groups in total. The third kappa shape index (κ3) is 1.05. The quantitative estimate of drug-likeness (QED) is 0.594. The molecule has 0 aromatic carbocycles. The minimum absolute atomic E-state index is 0.288. The van der Waals surface area contributed by atoms with E-state index in [2.05, 4.69) is 9.97 Å². The lowest BCUT2D eigenvalue weighted by molar-refractivity contribution is 0.900. The molecule has 0 unspecified atom stereocenters. The number of rotatable bonds is 0. The summed E-state index contributed by atoms with van der Waals surface area (Å²) in [7, 11) is 0. The summed E-state index contributed by atoms with van der Waals surface area (Å²) in [6, 6.07) is 0. The van der Waals surface area contributed by atoms with Crippen molar-refractivity contribution in [1.29, 1.82) is 0 Å². The highest BCUT2D eigenvalue weighted by Gasteiger charge is 2.16. The zero-order chi connectivity index (χ0) is 7.84. The molecule has 1 heterocycles. The largest absolute Gasteiger partial charge is 0.368 e. The van der Waals surface area contributed by atoms with Crippen LogP contribution in [0.3, 0.4) is 0 Å². The third-order valence-electron chi connectivity index (χ3n) is 1.90. The van der Waals surface area contributed by atoms with Crippen molar-refractivity contribution in [2.75, 3.05) is 5.73 Å². The Balaban J connectivity index is 2.60. The molecular formula is C7H8ClN3. The number of aryl methyl sites for hydroxylation is 1. The van der Waals surface area contributed by atoms with Crippen LogP contribution < -0.4 is 5.73 Å². The molecule has 0 aliphatic heterocycles. The molecule has 0 bridgehead atoms. The minimum atomic E-state index is 0.288. The van der Waals surface area contributed by atoms with Gasteiger partial charge in [0.2, 0.25) is 5.95 Å². The van der Waals surface area contributed by atoms with E-state index in [4.69, 9.17) is 17.3 Å². The Morgan fingerprint density at radius 3 is 2.91 bits per heavy atom. The van der Waals surface area contributed by atoms with Crippen molar-refractivity contribution in [3.05, 3.63) is 16.4 Å². The van der Waals surface area contributed by atoms with Crippen LogP contribution in [0, 0.1) is 0 Å². The predicted octanol–water partition coefficient (Wildman–Crippen LogP) is 1.20. The molecule has 3 nitrogen and oxygen atoms in total. The second kappa shape index (κ2) is 2.34. The fourth-order valence-corrected chi connectivity index (χ4v) is 1.69. The number of nitrogens with zero attached hydrogens (tertiary/aromatic N) is 2. The first kappa shape index (κ1) is 6.85. The Bertz CT molecular complexity index is 298. The summed E-state index contributed by atoms with van der Waals surface area (Å²) in [4.78, 5) is 7.97. The van der Waals surface area contributed by atoms with Gasteiger partial charge >= 0.3 is 0 Å². The fourth-order valence-electron chi connectivity index (χ4n) is 1.40. The Hall–Kier alpha value is -0.830. The molecule has 58 valence electrons. The van der Waals surface area contributed by atoms with Crippen molar-refractivity contribution in [2.24, 2.45) is 0 Å². The van der Waals surface area contributed by atoms with Crippen LogP contribution in [0.15, 0.2) is 0 Å². The maximum absolute atomic E-state index is 5.84. The molecule has 0 fully saturated rings. The Labute approximate surface area is 69.6 Å². The van der Waals surface area contributed by atoms with Crippen molar-refractivity contribution >= 4 is 17.5 Å². The van der Waals surface area contributed by atoms with Gasteiger partial charge in [0.25, 0.3) is 0 Å². The highest BCUT2D eigenvalue weighted by molar-refractivity contribution is 6.30. The highest BCUT2D eigenvalue weighted by Crippen LogP contribution is 2.26. The lowest BCUT2D eigenvalue weighted by atomic mass is 10.3. The van der Waals surface area contributed by atoms with Gasteiger partial charge < -0.3 is 5.73 Å². The number of fused-ring (bicyclic) bond motifs is 1. The summed E-state index contributed by atoms with van der Waals surface area (Å²) < 4.78 is 0. The van der Waals surface area contributed by atoms with Crippen LogP contribution >= 0.6 is 11.6 Å². The molecule has 0 atom stereocenters. The summed E-state index contributed by atoms with van der Waals surface area (Å²) in [5, 5.41) is 0.532. The standard InChI is InChI=1S/C7H8ClN3/c8-6-4-2-1-3-5(4)10-7(9)11-6/h1-3H2,(H2,9,10,11). The first-order chi connectivity index (χ1) is 5.27. The number of nitrogens with two attached hydrogens (primary N) is 1. The summed E-state index contributed by atoms with van der Waals surface area (Å²) in [5.41, 5.74) is 7.54. The normalized spacial score (nSPS) is 15.0.